The van der Waals surface area contributed by atoms with Crippen molar-refractivity contribution in [1.82, 2.24) is 4.98 Å². The number of aromatic nitrogens is 1. The van der Waals surface area contributed by atoms with E-state index in [0.29, 0.717) is 10.8 Å². The fourth-order valence-corrected chi connectivity index (χ4v) is 2.09. The van der Waals surface area contributed by atoms with Gasteiger partial charge in [0.1, 0.15) is 5.82 Å². The third-order valence-corrected chi connectivity index (χ3v) is 3.42. The van der Waals surface area contributed by atoms with E-state index in [4.69, 9.17) is 16.3 Å². The molecule has 0 unspecified atom stereocenters. The lowest BCUT2D eigenvalue weighted by molar-refractivity contribution is -0.147. The molecule has 1 aromatic carbocycles. The molecule has 0 saturated carbocycles. The van der Waals surface area contributed by atoms with E-state index in [2.05, 4.69) is 10.3 Å². The molecule has 0 bridgehead atoms. The minimum absolute atomic E-state index is 0.0321. The molecule has 0 aliphatic carbocycles. The first-order valence-corrected chi connectivity index (χ1v) is 7.54. The number of carbonyl (C=O) groups excluding carboxylic acids is 2. The summed E-state index contributed by atoms with van der Waals surface area (Å²) in [5, 5.41) is 3.00. The highest BCUT2D eigenvalue weighted by molar-refractivity contribution is 6.30. The van der Waals surface area contributed by atoms with E-state index < -0.39 is 11.9 Å². The summed E-state index contributed by atoms with van der Waals surface area (Å²) in [5.74, 6) is -0.473. The van der Waals surface area contributed by atoms with Crippen molar-refractivity contribution in [2.24, 2.45) is 0 Å². The molecule has 0 radical (unpaired) electrons. The summed E-state index contributed by atoms with van der Waals surface area (Å²) in [6.07, 6.45) is 1.64. The number of rotatable bonds is 6. The van der Waals surface area contributed by atoms with E-state index in [1.54, 1.807) is 12.1 Å². The van der Waals surface area contributed by atoms with E-state index in [-0.39, 0.29) is 18.9 Å². The highest BCUT2D eigenvalue weighted by Crippen LogP contribution is 2.18. The number of amides is 1. The maximum Gasteiger partial charge on any atom is 0.306 e. The van der Waals surface area contributed by atoms with Crippen LogP contribution in [0.2, 0.25) is 5.02 Å². The zero-order valence-corrected chi connectivity index (χ0v) is 13.4. The van der Waals surface area contributed by atoms with Gasteiger partial charge < -0.3 is 10.1 Å². The molecule has 5 nitrogen and oxygen atoms in total. The van der Waals surface area contributed by atoms with Crippen molar-refractivity contribution in [2.75, 3.05) is 11.9 Å². The van der Waals surface area contributed by atoms with Crippen LogP contribution in [0.1, 0.15) is 24.8 Å². The smallest absolute Gasteiger partial charge is 0.306 e. The zero-order chi connectivity index (χ0) is 16.7. The Bertz CT molecular complexity index is 659. The second-order valence-electron chi connectivity index (χ2n) is 5.09. The second-order valence-corrected chi connectivity index (χ2v) is 5.52. The Morgan fingerprint density at radius 3 is 2.61 bits per heavy atom. The molecule has 0 aliphatic rings. The maximum absolute atomic E-state index is 11.8. The molecule has 1 N–H and O–H groups in total. The van der Waals surface area contributed by atoms with Crippen LogP contribution in [0.3, 0.4) is 0 Å². The van der Waals surface area contributed by atoms with Gasteiger partial charge in [0.05, 0.1) is 11.4 Å². The average Bonchev–Trinajstić information content (AvgIpc) is 2.56. The van der Waals surface area contributed by atoms with Gasteiger partial charge in [-0.05, 0) is 23.6 Å². The lowest BCUT2D eigenvalue weighted by Crippen LogP contribution is -2.21. The van der Waals surface area contributed by atoms with Crippen molar-refractivity contribution < 1.29 is 14.3 Å². The fraction of sp³-hybridized carbons (Fsp3) is 0.235. The maximum atomic E-state index is 11.8. The van der Waals surface area contributed by atoms with Gasteiger partial charge >= 0.3 is 5.97 Å². The molecule has 2 aromatic rings. The highest BCUT2D eigenvalue weighted by atomic mass is 35.5. The van der Waals surface area contributed by atoms with Crippen molar-refractivity contribution in [3.05, 3.63) is 59.2 Å². The molecule has 6 heteroatoms. The summed E-state index contributed by atoms with van der Waals surface area (Å²) in [4.78, 5) is 27.4. The zero-order valence-electron chi connectivity index (χ0n) is 12.7. The van der Waals surface area contributed by atoms with Gasteiger partial charge in [0.2, 0.25) is 0 Å². The van der Waals surface area contributed by atoms with E-state index in [0.717, 1.165) is 5.56 Å². The Balaban J connectivity index is 1.75. The summed E-state index contributed by atoms with van der Waals surface area (Å²) >= 11 is 5.71. The number of nitrogens with zero attached hydrogens (tertiary/aromatic N) is 1. The Kier molecular flexibility index (Phi) is 6.11. The first-order valence-electron chi connectivity index (χ1n) is 7.16. The first-order chi connectivity index (χ1) is 11.0. The molecular formula is C17H17ClN2O3. The topological polar surface area (TPSA) is 68.3 Å². The monoisotopic (exact) mass is 332 g/mol. The molecular weight excluding hydrogens is 316 g/mol. The van der Waals surface area contributed by atoms with Gasteiger partial charge in [0.25, 0.3) is 5.91 Å². The third-order valence-electron chi connectivity index (χ3n) is 3.20. The van der Waals surface area contributed by atoms with Crippen LogP contribution in [0.15, 0.2) is 48.7 Å². The molecule has 1 heterocycles. The summed E-state index contributed by atoms with van der Waals surface area (Å²) in [5.41, 5.74) is 1.05. The van der Waals surface area contributed by atoms with Crippen LogP contribution in [0, 0.1) is 0 Å². The Morgan fingerprint density at radius 2 is 1.96 bits per heavy atom. The van der Waals surface area contributed by atoms with Gasteiger partial charge in [0.15, 0.2) is 6.61 Å². The van der Waals surface area contributed by atoms with Crippen LogP contribution >= 0.6 is 11.6 Å². The quantitative estimate of drug-likeness (QED) is 0.823. The van der Waals surface area contributed by atoms with Crippen molar-refractivity contribution in [1.29, 1.82) is 0 Å². The van der Waals surface area contributed by atoms with Crippen LogP contribution in [0.4, 0.5) is 5.82 Å². The van der Waals surface area contributed by atoms with Gasteiger partial charge in [-0.1, -0.05) is 48.9 Å². The lowest BCUT2D eigenvalue weighted by Gasteiger charge is -2.11. The van der Waals surface area contributed by atoms with E-state index in [1.807, 2.05) is 37.3 Å². The predicted molar refractivity (Wildman–Crippen MR) is 88.3 cm³/mol. The summed E-state index contributed by atoms with van der Waals surface area (Å²) in [6.45, 7) is 1.60. The van der Waals surface area contributed by atoms with Gasteiger partial charge in [-0.15, -0.1) is 0 Å². The van der Waals surface area contributed by atoms with Crippen molar-refractivity contribution in [3.63, 3.8) is 0 Å². The average molecular weight is 333 g/mol. The number of carbonyl (C=O) groups is 2. The third kappa shape index (κ3) is 5.71. The highest BCUT2D eigenvalue weighted by Gasteiger charge is 2.14. The predicted octanol–water partition coefficient (Wildman–Crippen LogP) is 3.41. The van der Waals surface area contributed by atoms with Crippen LogP contribution < -0.4 is 5.32 Å². The molecule has 1 aromatic heterocycles. The standard InChI is InChI=1S/C17H17ClN2O3/c1-12(13-5-3-2-4-6-13)9-17(22)23-11-16(21)20-15-8-7-14(18)10-19-15/h2-8,10,12H,9,11H2,1H3,(H,19,20,21)/t12-/m1/s1. The first kappa shape index (κ1) is 17.0. The molecule has 0 fully saturated rings. The molecule has 120 valence electrons. The Labute approximate surface area is 139 Å². The number of benzene rings is 1. The van der Waals surface area contributed by atoms with Crippen molar-refractivity contribution >= 4 is 29.3 Å². The minimum Gasteiger partial charge on any atom is -0.456 e. The van der Waals surface area contributed by atoms with E-state index in [1.165, 1.54) is 6.20 Å². The minimum atomic E-state index is -0.444. The van der Waals surface area contributed by atoms with Crippen LogP contribution in [-0.2, 0) is 14.3 Å². The normalized spacial score (nSPS) is 11.6. The SMILES string of the molecule is C[C@H](CC(=O)OCC(=O)Nc1ccc(Cl)cn1)c1ccccc1. The van der Waals surface area contributed by atoms with Gasteiger partial charge in [0, 0.05) is 6.20 Å². The van der Waals surface area contributed by atoms with Gasteiger partial charge in [-0.3, -0.25) is 9.59 Å². The molecule has 0 saturated heterocycles. The largest absolute Gasteiger partial charge is 0.456 e. The summed E-state index contributed by atoms with van der Waals surface area (Å²) in [6, 6.07) is 12.8. The van der Waals surface area contributed by atoms with Crippen LogP contribution in [0.5, 0.6) is 0 Å². The second kappa shape index (κ2) is 8.29. The summed E-state index contributed by atoms with van der Waals surface area (Å²) in [7, 11) is 0. The number of ether oxygens (including phenoxy) is 1. The van der Waals surface area contributed by atoms with E-state index in [9.17, 15) is 9.59 Å². The molecule has 0 aliphatic heterocycles. The number of pyridine rings is 1. The van der Waals surface area contributed by atoms with Crippen molar-refractivity contribution in [2.45, 2.75) is 19.3 Å². The number of esters is 1. The van der Waals surface area contributed by atoms with Crippen molar-refractivity contribution in [3.8, 4) is 0 Å². The van der Waals surface area contributed by atoms with Crippen LogP contribution in [0.25, 0.3) is 0 Å². The van der Waals surface area contributed by atoms with Crippen LogP contribution in [-0.4, -0.2) is 23.5 Å². The van der Waals surface area contributed by atoms with E-state index >= 15 is 0 Å². The fourth-order valence-electron chi connectivity index (χ4n) is 1.98. The number of anilines is 1. The lowest BCUT2D eigenvalue weighted by atomic mass is 9.98. The Morgan fingerprint density at radius 1 is 1.22 bits per heavy atom. The number of hydrogen-bond donors (Lipinski definition) is 1. The molecule has 1 atom stereocenters. The molecule has 0 spiro atoms. The Hall–Kier alpha value is -2.40. The summed E-state index contributed by atoms with van der Waals surface area (Å²) < 4.78 is 4.99. The number of nitrogens with one attached hydrogen (secondary N) is 1. The van der Waals surface area contributed by atoms with Gasteiger partial charge in [-0.25, -0.2) is 4.98 Å². The number of hydrogen-bond acceptors (Lipinski definition) is 4. The molecule has 23 heavy (non-hydrogen) atoms. The molecule has 2 rings (SSSR count). The van der Waals surface area contributed by atoms with Gasteiger partial charge in [-0.2, -0.15) is 0 Å². The molecule has 1 amide bonds. The number of halogens is 1.